The Kier molecular flexibility index (Phi) is 4.80. The summed E-state index contributed by atoms with van der Waals surface area (Å²) in [7, 11) is 0. The molecule has 1 aromatic rings. The molecule has 0 spiro atoms. The molecular weight excluding hydrogens is 278 g/mol. The molecule has 108 valence electrons. The van der Waals surface area contributed by atoms with Gasteiger partial charge in [-0.15, -0.1) is 12.6 Å². The van der Waals surface area contributed by atoms with Crippen LogP contribution >= 0.6 is 12.6 Å². The van der Waals surface area contributed by atoms with Crippen molar-refractivity contribution in [3.8, 4) is 0 Å². The van der Waals surface area contributed by atoms with Gasteiger partial charge in [0.25, 0.3) is 0 Å². The summed E-state index contributed by atoms with van der Waals surface area (Å²) in [6.45, 7) is 1.72. The van der Waals surface area contributed by atoms with Crippen molar-refractivity contribution in [2.24, 2.45) is 11.7 Å². The molecule has 0 unspecified atom stereocenters. The number of rotatable bonds is 4. The molecule has 8 heteroatoms. The number of nitrogens with two attached hydrogens (primary N) is 1. The lowest BCUT2D eigenvalue weighted by Gasteiger charge is -2.21. The third-order valence-corrected chi connectivity index (χ3v) is 3.40. The number of aromatic nitrogens is 2. The summed E-state index contributed by atoms with van der Waals surface area (Å²) in [6.07, 6.45) is 5.90. The van der Waals surface area contributed by atoms with E-state index in [9.17, 15) is 9.59 Å². The van der Waals surface area contributed by atoms with E-state index in [1.54, 1.807) is 6.20 Å². The molecule has 4 N–H and O–H groups in total. The van der Waals surface area contributed by atoms with Gasteiger partial charge in [0.2, 0.25) is 11.8 Å². The van der Waals surface area contributed by atoms with Gasteiger partial charge >= 0.3 is 0 Å². The van der Waals surface area contributed by atoms with Crippen molar-refractivity contribution in [1.29, 1.82) is 0 Å². The van der Waals surface area contributed by atoms with Crippen LogP contribution < -0.4 is 16.4 Å². The fourth-order valence-electron chi connectivity index (χ4n) is 2.03. The molecule has 2 heterocycles. The maximum Gasteiger partial charge on any atom is 0.244 e. The summed E-state index contributed by atoms with van der Waals surface area (Å²) in [6, 6.07) is 0. The largest absolute Gasteiger partial charge is 0.366 e. The fourth-order valence-corrected chi connectivity index (χ4v) is 2.27. The minimum atomic E-state index is -0.606. The van der Waals surface area contributed by atoms with Crippen molar-refractivity contribution in [2.75, 3.05) is 18.4 Å². The second-order valence-electron chi connectivity index (χ2n) is 4.59. The van der Waals surface area contributed by atoms with Gasteiger partial charge in [-0.25, -0.2) is 4.68 Å². The topological polar surface area (TPSA) is 102 Å². The van der Waals surface area contributed by atoms with Crippen molar-refractivity contribution < 1.29 is 9.59 Å². The first-order valence-corrected chi connectivity index (χ1v) is 6.77. The maximum atomic E-state index is 12.0. The Morgan fingerprint density at radius 2 is 2.20 bits per heavy atom. The fraction of sp³-hybridized carbons (Fsp3) is 0.417. The Morgan fingerprint density at radius 1 is 1.50 bits per heavy atom. The lowest BCUT2D eigenvalue weighted by molar-refractivity contribution is -0.120. The number of nitrogens with zero attached hydrogens (tertiary/aromatic N) is 2. The molecule has 0 aromatic carbocycles. The van der Waals surface area contributed by atoms with Crippen LogP contribution in [0.15, 0.2) is 18.5 Å². The SMILES string of the molecule is NC(=O)/C=C(\S)n1cc(NC(=O)C2CCNCC2)cn1. The van der Waals surface area contributed by atoms with Crippen LogP contribution in [0.2, 0.25) is 0 Å². The van der Waals surface area contributed by atoms with Gasteiger partial charge in [0, 0.05) is 12.0 Å². The first kappa shape index (κ1) is 14.6. The number of carbonyl (C=O) groups is 2. The van der Waals surface area contributed by atoms with Crippen LogP contribution in [0.3, 0.4) is 0 Å². The highest BCUT2D eigenvalue weighted by atomic mass is 32.1. The minimum Gasteiger partial charge on any atom is -0.366 e. The Labute approximate surface area is 122 Å². The quantitative estimate of drug-likeness (QED) is 0.465. The zero-order chi connectivity index (χ0) is 14.5. The average Bonchev–Trinajstić information content (AvgIpc) is 2.87. The molecule has 1 saturated heterocycles. The second-order valence-corrected chi connectivity index (χ2v) is 5.05. The number of anilines is 1. The number of thiol groups is 1. The Bertz CT molecular complexity index is 534. The summed E-state index contributed by atoms with van der Waals surface area (Å²) in [5.74, 6) is -0.590. The van der Waals surface area contributed by atoms with Crippen LogP contribution in [-0.4, -0.2) is 34.7 Å². The highest BCUT2D eigenvalue weighted by Crippen LogP contribution is 2.17. The molecule has 1 aliphatic rings. The van der Waals surface area contributed by atoms with Gasteiger partial charge in [0.15, 0.2) is 0 Å². The van der Waals surface area contributed by atoms with Crippen molar-refractivity contribution in [2.45, 2.75) is 12.8 Å². The Balaban J connectivity index is 1.98. The molecule has 0 atom stereocenters. The van der Waals surface area contributed by atoms with Gasteiger partial charge in [-0.3, -0.25) is 9.59 Å². The highest BCUT2D eigenvalue weighted by Gasteiger charge is 2.21. The third-order valence-electron chi connectivity index (χ3n) is 3.07. The number of piperidine rings is 1. The lowest BCUT2D eigenvalue weighted by Crippen LogP contribution is -2.34. The van der Waals surface area contributed by atoms with E-state index in [0.717, 1.165) is 32.0 Å². The van der Waals surface area contributed by atoms with E-state index < -0.39 is 5.91 Å². The standard InChI is InChI=1S/C12H17N5O2S/c13-10(18)5-11(20)17-7-9(6-15-17)16-12(19)8-1-3-14-4-2-8/h5-8,14,20H,1-4H2,(H2,13,18)(H,16,19)/b11-5-. The van der Waals surface area contributed by atoms with E-state index in [2.05, 4.69) is 28.4 Å². The molecule has 1 aromatic heterocycles. The molecular formula is C12H17N5O2S. The predicted molar refractivity (Wildman–Crippen MR) is 78.9 cm³/mol. The smallest absolute Gasteiger partial charge is 0.244 e. The number of amides is 2. The van der Waals surface area contributed by atoms with E-state index in [1.165, 1.54) is 10.9 Å². The predicted octanol–water partition coefficient (Wildman–Crippen LogP) is 0.0347. The van der Waals surface area contributed by atoms with Gasteiger partial charge in [-0.1, -0.05) is 0 Å². The average molecular weight is 295 g/mol. The zero-order valence-electron chi connectivity index (χ0n) is 10.9. The van der Waals surface area contributed by atoms with E-state index in [0.29, 0.717) is 10.7 Å². The zero-order valence-corrected chi connectivity index (χ0v) is 11.8. The maximum absolute atomic E-state index is 12.0. The van der Waals surface area contributed by atoms with Crippen LogP contribution in [0.5, 0.6) is 0 Å². The van der Waals surface area contributed by atoms with E-state index >= 15 is 0 Å². The number of hydrogen-bond acceptors (Lipinski definition) is 5. The summed E-state index contributed by atoms with van der Waals surface area (Å²) in [5.41, 5.74) is 5.60. The van der Waals surface area contributed by atoms with Gasteiger partial charge in [0.1, 0.15) is 5.03 Å². The van der Waals surface area contributed by atoms with Crippen LogP contribution in [0.4, 0.5) is 5.69 Å². The van der Waals surface area contributed by atoms with E-state index in [1.807, 2.05) is 0 Å². The molecule has 7 nitrogen and oxygen atoms in total. The van der Waals surface area contributed by atoms with Gasteiger partial charge in [0.05, 0.1) is 18.1 Å². The van der Waals surface area contributed by atoms with Gasteiger partial charge < -0.3 is 16.4 Å². The molecule has 0 saturated carbocycles. The van der Waals surface area contributed by atoms with Crippen LogP contribution in [0.25, 0.3) is 5.03 Å². The number of nitrogens with one attached hydrogen (secondary N) is 2. The second kappa shape index (κ2) is 6.58. The van der Waals surface area contributed by atoms with Crippen molar-refractivity contribution in [1.82, 2.24) is 15.1 Å². The number of hydrogen-bond donors (Lipinski definition) is 4. The monoisotopic (exact) mass is 295 g/mol. The molecule has 1 fully saturated rings. The van der Waals surface area contributed by atoms with Gasteiger partial charge in [-0.2, -0.15) is 5.10 Å². The molecule has 0 bridgehead atoms. The van der Waals surface area contributed by atoms with E-state index in [-0.39, 0.29) is 11.8 Å². The number of primary amides is 1. The Hall–Kier alpha value is -1.80. The van der Waals surface area contributed by atoms with Crippen molar-refractivity contribution in [3.63, 3.8) is 0 Å². The molecule has 0 aliphatic carbocycles. The lowest BCUT2D eigenvalue weighted by atomic mass is 9.97. The Morgan fingerprint density at radius 3 is 2.85 bits per heavy atom. The molecule has 20 heavy (non-hydrogen) atoms. The van der Waals surface area contributed by atoms with Crippen LogP contribution in [0.1, 0.15) is 12.8 Å². The molecule has 1 aliphatic heterocycles. The first-order chi connectivity index (χ1) is 9.56. The minimum absolute atomic E-state index is 0.00866. The van der Waals surface area contributed by atoms with Crippen LogP contribution in [-0.2, 0) is 9.59 Å². The van der Waals surface area contributed by atoms with E-state index in [4.69, 9.17) is 5.73 Å². The summed E-state index contributed by atoms with van der Waals surface area (Å²) in [5, 5.41) is 10.3. The summed E-state index contributed by atoms with van der Waals surface area (Å²) >= 11 is 4.10. The molecule has 0 radical (unpaired) electrons. The molecule has 2 amide bonds. The summed E-state index contributed by atoms with van der Waals surface area (Å²) in [4.78, 5) is 22.8. The van der Waals surface area contributed by atoms with Gasteiger partial charge in [-0.05, 0) is 25.9 Å². The molecule has 2 rings (SSSR count). The van der Waals surface area contributed by atoms with Crippen molar-refractivity contribution in [3.05, 3.63) is 18.5 Å². The first-order valence-electron chi connectivity index (χ1n) is 6.33. The normalized spacial score (nSPS) is 16.9. The highest BCUT2D eigenvalue weighted by molar-refractivity contribution is 7.90. The third kappa shape index (κ3) is 3.84. The van der Waals surface area contributed by atoms with Crippen LogP contribution in [0, 0.1) is 5.92 Å². The van der Waals surface area contributed by atoms with Crippen molar-refractivity contribution >= 4 is 35.2 Å². The number of carbonyl (C=O) groups excluding carboxylic acids is 2. The summed E-state index contributed by atoms with van der Waals surface area (Å²) < 4.78 is 1.37.